The fraction of sp³-hybridized carbons (Fsp3) is 0.467. The molecule has 2 aromatic heterocycles. The van der Waals surface area contributed by atoms with Crippen LogP contribution < -0.4 is 5.32 Å². The predicted octanol–water partition coefficient (Wildman–Crippen LogP) is 2.61. The minimum absolute atomic E-state index is 0.253. The van der Waals surface area contributed by atoms with Gasteiger partial charge in [0.2, 0.25) is 0 Å². The summed E-state index contributed by atoms with van der Waals surface area (Å²) in [6.45, 7) is 9.23. The largest absolute Gasteiger partial charge is 0.310 e. The first kappa shape index (κ1) is 14.5. The van der Waals surface area contributed by atoms with Crippen molar-refractivity contribution in [1.29, 1.82) is 0 Å². The molecule has 1 N–H and O–H groups in total. The van der Waals surface area contributed by atoms with Crippen LogP contribution in [0, 0.1) is 13.8 Å². The quantitative estimate of drug-likeness (QED) is 0.905. The number of hydrogen-bond donors (Lipinski definition) is 1. The van der Waals surface area contributed by atoms with Crippen LogP contribution in [0.1, 0.15) is 43.1 Å². The summed E-state index contributed by atoms with van der Waals surface area (Å²) >= 11 is 0. The number of aryl methyl sites for hydroxylation is 2. The normalized spacial score (nSPS) is 12.4. The van der Waals surface area contributed by atoms with E-state index in [9.17, 15) is 0 Å². The molecule has 0 radical (unpaired) electrons. The van der Waals surface area contributed by atoms with Crippen LogP contribution in [-0.4, -0.2) is 26.5 Å². The van der Waals surface area contributed by atoms with E-state index in [4.69, 9.17) is 0 Å². The van der Waals surface area contributed by atoms with Gasteiger partial charge in [-0.3, -0.25) is 0 Å². The fourth-order valence-corrected chi connectivity index (χ4v) is 1.99. The van der Waals surface area contributed by atoms with E-state index in [1.165, 1.54) is 0 Å². The van der Waals surface area contributed by atoms with Crippen molar-refractivity contribution in [3.8, 4) is 11.6 Å². The summed E-state index contributed by atoms with van der Waals surface area (Å²) in [5.74, 6) is 1.15. The number of rotatable bonds is 5. The van der Waals surface area contributed by atoms with Crippen LogP contribution in [0.15, 0.2) is 18.6 Å². The van der Waals surface area contributed by atoms with E-state index >= 15 is 0 Å². The summed E-state index contributed by atoms with van der Waals surface area (Å²) in [6, 6.07) is 0.253. The fourth-order valence-electron chi connectivity index (χ4n) is 1.99. The van der Waals surface area contributed by atoms with Gasteiger partial charge in [-0.2, -0.15) is 0 Å². The predicted molar refractivity (Wildman–Crippen MR) is 79.2 cm³/mol. The molecule has 0 spiro atoms. The first-order chi connectivity index (χ1) is 9.61. The van der Waals surface area contributed by atoms with Gasteiger partial charge in [-0.15, -0.1) is 0 Å². The summed E-state index contributed by atoms with van der Waals surface area (Å²) in [4.78, 5) is 17.4. The Bertz CT molecular complexity index is 565. The molecule has 0 aromatic carbocycles. The Morgan fingerprint density at radius 1 is 1.05 bits per heavy atom. The maximum Gasteiger partial charge on any atom is 0.197 e. The van der Waals surface area contributed by atoms with E-state index in [1.807, 2.05) is 20.0 Å². The second-order valence-corrected chi connectivity index (χ2v) is 4.99. The molecule has 0 bridgehead atoms. The Labute approximate surface area is 119 Å². The molecule has 20 heavy (non-hydrogen) atoms. The summed E-state index contributed by atoms with van der Waals surface area (Å²) in [7, 11) is 0. The lowest BCUT2D eigenvalue weighted by molar-refractivity contribution is 0.564. The highest BCUT2D eigenvalue weighted by Gasteiger charge is 2.12. The highest BCUT2D eigenvalue weighted by molar-refractivity contribution is 5.43. The molecule has 0 aliphatic heterocycles. The van der Waals surface area contributed by atoms with Gasteiger partial charge in [-0.25, -0.2) is 19.9 Å². The Morgan fingerprint density at radius 2 is 1.70 bits per heavy atom. The van der Waals surface area contributed by atoms with Gasteiger partial charge in [0, 0.05) is 35.9 Å². The molecular weight excluding hydrogens is 250 g/mol. The van der Waals surface area contributed by atoms with E-state index in [1.54, 1.807) is 12.4 Å². The average molecular weight is 271 g/mol. The molecule has 0 saturated carbocycles. The van der Waals surface area contributed by atoms with E-state index in [-0.39, 0.29) is 6.04 Å². The van der Waals surface area contributed by atoms with Gasteiger partial charge in [0.15, 0.2) is 11.6 Å². The lowest BCUT2D eigenvalue weighted by Gasteiger charge is -2.15. The standard InChI is InChI=1S/C15H21N5/c1-5-6-16-11(3)13-9-19-15(20-12(13)4)14-17-7-10(2)8-18-14/h7-9,11,16H,5-6H2,1-4H3. The van der Waals surface area contributed by atoms with E-state index in [0.717, 1.165) is 29.8 Å². The van der Waals surface area contributed by atoms with Crippen molar-refractivity contribution < 1.29 is 0 Å². The maximum atomic E-state index is 4.53. The minimum atomic E-state index is 0.253. The molecule has 0 aliphatic rings. The topological polar surface area (TPSA) is 63.6 Å². The van der Waals surface area contributed by atoms with E-state index in [0.29, 0.717) is 11.6 Å². The lowest BCUT2D eigenvalue weighted by atomic mass is 10.1. The Morgan fingerprint density at radius 3 is 2.30 bits per heavy atom. The maximum absolute atomic E-state index is 4.53. The second kappa shape index (κ2) is 6.52. The third-order valence-corrected chi connectivity index (χ3v) is 3.17. The first-order valence-corrected chi connectivity index (χ1v) is 6.97. The van der Waals surface area contributed by atoms with Crippen molar-refractivity contribution in [2.24, 2.45) is 0 Å². The molecule has 1 unspecified atom stereocenters. The van der Waals surface area contributed by atoms with Crippen LogP contribution in [0.2, 0.25) is 0 Å². The highest BCUT2D eigenvalue weighted by atomic mass is 15.0. The Hall–Kier alpha value is -1.88. The van der Waals surface area contributed by atoms with Gasteiger partial charge < -0.3 is 5.32 Å². The van der Waals surface area contributed by atoms with Crippen LogP contribution in [-0.2, 0) is 0 Å². The third-order valence-electron chi connectivity index (χ3n) is 3.17. The lowest BCUT2D eigenvalue weighted by Crippen LogP contribution is -2.20. The van der Waals surface area contributed by atoms with Crippen LogP contribution >= 0.6 is 0 Å². The Kier molecular flexibility index (Phi) is 4.74. The zero-order valence-corrected chi connectivity index (χ0v) is 12.5. The van der Waals surface area contributed by atoms with Gasteiger partial charge in [-0.1, -0.05) is 6.92 Å². The monoisotopic (exact) mass is 271 g/mol. The van der Waals surface area contributed by atoms with Gasteiger partial charge in [0.1, 0.15) is 0 Å². The summed E-state index contributed by atoms with van der Waals surface area (Å²) < 4.78 is 0. The van der Waals surface area contributed by atoms with Crippen molar-refractivity contribution in [2.45, 2.75) is 40.2 Å². The Balaban J connectivity index is 2.23. The van der Waals surface area contributed by atoms with Crippen molar-refractivity contribution >= 4 is 0 Å². The van der Waals surface area contributed by atoms with Crippen molar-refractivity contribution in [3.63, 3.8) is 0 Å². The molecule has 5 nitrogen and oxygen atoms in total. The van der Waals surface area contributed by atoms with E-state index in [2.05, 4.69) is 39.1 Å². The molecule has 106 valence electrons. The molecule has 0 saturated heterocycles. The molecule has 1 atom stereocenters. The average Bonchev–Trinajstić information content (AvgIpc) is 2.45. The first-order valence-electron chi connectivity index (χ1n) is 6.97. The SMILES string of the molecule is CCCNC(C)c1cnc(-c2ncc(C)cn2)nc1C. The van der Waals surface area contributed by atoms with Crippen LogP contribution in [0.25, 0.3) is 11.6 Å². The summed E-state index contributed by atoms with van der Waals surface area (Å²) in [5, 5.41) is 3.44. The number of hydrogen-bond acceptors (Lipinski definition) is 5. The molecular formula is C15H21N5. The van der Waals surface area contributed by atoms with Crippen LogP contribution in [0.5, 0.6) is 0 Å². The van der Waals surface area contributed by atoms with Crippen molar-refractivity contribution in [1.82, 2.24) is 25.3 Å². The molecule has 0 fully saturated rings. The van der Waals surface area contributed by atoms with Crippen LogP contribution in [0.3, 0.4) is 0 Å². The smallest absolute Gasteiger partial charge is 0.197 e. The zero-order valence-electron chi connectivity index (χ0n) is 12.5. The van der Waals surface area contributed by atoms with E-state index < -0.39 is 0 Å². The van der Waals surface area contributed by atoms with Gasteiger partial charge in [0.25, 0.3) is 0 Å². The highest BCUT2D eigenvalue weighted by Crippen LogP contribution is 2.17. The molecule has 0 aliphatic carbocycles. The molecule has 2 rings (SSSR count). The number of nitrogens with one attached hydrogen (secondary N) is 1. The third kappa shape index (κ3) is 3.36. The molecule has 0 amide bonds. The summed E-state index contributed by atoms with van der Waals surface area (Å²) in [6.07, 6.45) is 6.54. The van der Waals surface area contributed by atoms with Gasteiger partial charge >= 0.3 is 0 Å². The molecule has 2 heterocycles. The van der Waals surface area contributed by atoms with Gasteiger partial charge in [-0.05, 0) is 39.3 Å². The van der Waals surface area contributed by atoms with Crippen molar-refractivity contribution in [3.05, 3.63) is 35.4 Å². The summed E-state index contributed by atoms with van der Waals surface area (Å²) in [5.41, 5.74) is 3.11. The van der Waals surface area contributed by atoms with Crippen molar-refractivity contribution in [2.75, 3.05) is 6.54 Å². The zero-order chi connectivity index (χ0) is 14.5. The molecule has 2 aromatic rings. The number of nitrogens with zero attached hydrogens (tertiary/aromatic N) is 4. The second-order valence-electron chi connectivity index (χ2n) is 4.99. The molecule has 5 heteroatoms. The minimum Gasteiger partial charge on any atom is -0.310 e. The van der Waals surface area contributed by atoms with Crippen LogP contribution in [0.4, 0.5) is 0 Å². The van der Waals surface area contributed by atoms with Gasteiger partial charge in [0.05, 0.1) is 0 Å². The number of aromatic nitrogens is 4.